The largest absolute Gasteiger partial charge is 0.468 e. The highest BCUT2D eigenvalue weighted by atomic mass is 32.2. The Balaban J connectivity index is 1.34. The van der Waals surface area contributed by atoms with Gasteiger partial charge in [-0.05, 0) is 35.9 Å². The van der Waals surface area contributed by atoms with E-state index >= 15 is 0 Å². The average molecular weight is 467 g/mol. The van der Waals surface area contributed by atoms with Crippen LogP contribution >= 0.6 is 11.3 Å². The number of anilines is 1. The second kappa shape index (κ2) is 9.69. The molecule has 0 unspecified atom stereocenters. The van der Waals surface area contributed by atoms with Crippen molar-refractivity contribution in [2.75, 3.05) is 5.32 Å². The summed E-state index contributed by atoms with van der Waals surface area (Å²) in [6, 6.07) is 19.1. The molecule has 32 heavy (non-hydrogen) atoms. The minimum absolute atomic E-state index is 0.0642. The van der Waals surface area contributed by atoms with Gasteiger partial charge in [0.2, 0.25) is 21.1 Å². The summed E-state index contributed by atoms with van der Waals surface area (Å²) in [5.41, 5.74) is 1.60. The second-order valence-corrected chi connectivity index (χ2v) is 9.32. The Morgan fingerprint density at radius 1 is 1.00 bits per heavy atom. The van der Waals surface area contributed by atoms with E-state index in [2.05, 4.69) is 20.2 Å². The number of nitrogens with zero attached hydrogens (tertiary/aromatic N) is 2. The van der Waals surface area contributed by atoms with E-state index in [0.717, 1.165) is 5.56 Å². The van der Waals surface area contributed by atoms with Gasteiger partial charge in [0.15, 0.2) is 0 Å². The minimum Gasteiger partial charge on any atom is -0.468 e. The lowest BCUT2D eigenvalue weighted by Crippen LogP contribution is -2.22. The lowest BCUT2D eigenvalue weighted by Gasteiger charge is -2.05. The van der Waals surface area contributed by atoms with E-state index in [0.29, 0.717) is 21.5 Å². The van der Waals surface area contributed by atoms with Crippen molar-refractivity contribution in [2.24, 2.45) is 0 Å². The highest BCUT2D eigenvalue weighted by molar-refractivity contribution is 7.89. The molecule has 10 heteroatoms. The maximum absolute atomic E-state index is 12.4. The highest BCUT2D eigenvalue weighted by Crippen LogP contribution is 2.25. The molecule has 0 aliphatic carbocycles. The highest BCUT2D eigenvalue weighted by Gasteiger charge is 2.14. The monoisotopic (exact) mass is 466 g/mol. The second-order valence-electron chi connectivity index (χ2n) is 6.57. The van der Waals surface area contributed by atoms with Crippen LogP contribution in [-0.2, 0) is 21.4 Å². The van der Waals surface area contributed by atoms with Gasteiger partial charge in [0.05, 0.1) is 17.7 Å². The molecule has 1 amide bonds. The number of furan rings is 1. The van der Waals surface area contributed by atoms with Crippen molar-refractivity contribution in [3.8, 4) is 10.6 Å². The molecule has 0 atom stereocenters. The summed E-state index contributed by atoms with van der Waals surface area (Å²) in [5, 5.41) is 11.8. The summed E-state index contributed by atoms with van der Waals surface area (Å²) < 4.78 is 32.3. The van der Waals surface area contributed by atoms with Crippen LogP contribution in [0.5, 0.6) is 0 Å². The Bertz CT molecular complexity index is 1310. The van der Waals surface area contributed by atoms with Crippen LogP contribution in [0, 0.1) is 0 Å². The number of carbonyl (C=O) groups is 1. The molecule has 8 nitrogen and oxygen atoms in total. The fraction of sp³-hybridized carbons (Fsp3) is 0.0455. The molecular weight excluding hydrogens is 448 g/mol. The van der Waals surface area contributed by atoms with Gasteiger partial charge >= 0.3 is 0 Å². The molecule has 0 aliphatic rings. The van der Waals surface area contributed by atoms with Crippen LogP contribution in [0.25, 0.3) is 16.6 Å². The Morgan fingerprint density at radius 3 is 2.50 bits per heavy atom. The van der Waals surface area contributed by atoms with Crippen LogP contribution in [0.2, 0.25) is 0 Å². The minimum atomic E-state index is -3.67. The zero-order chi connectivity index (χ0) is 22.4. The van der Waals surface area contributed by atoms with Gasteiger partial charge in [0.25, 0.3) is 0 Å². The fourth-order valence-corrected chi connectivity index (χ4v) is 4.46. The summed E-state index contributed by atoms with van der Waals surface area (Å²) in [5.74, 6) is 0.156. The third-order valence-electron chi connectivity index (χ3n) is 4.31. The Labute approximate surface area is 188 Å². The predicted octanol–water partition coefficient (Wildman–Crippen LogP) is 3.93. The maximum atomic E-state index is 12.4. The molecule has 2 aromatic carbocycles. The number of carbonyl (C=O) groups excluding carboxylic acids is 1. The first-order valence-corrected chi connectivity index (χ1v) is 11.8. The third-order valence-corrected chi connectivity index (χ3v) is 6.61. The molecule has 162 valence electrons. The first-order chi connectivity index (χ1) is 15.5. The zero-order valence-electron chi connectivity index (χ0n) is 16.6. The Kier molecular flexibility index (Phi) is 6.55. The van der Waals surface area contributed by atoms with Crippen LogP contribution in [0.15, 0.2) is 88.4 Å². The molecule has 4 aromatic rings. The van der Waals surface area contributed by atoms with Crippen LogP contribution in [0.3, 0.4) is 0 Å². The van der Waals surface area contributed by atoms with Crippen LogP contribution in [0.1, 0.15) is 11.3 Å². The maximum Gasteiger partial charge on any atom is 0.250 e. The Hall–Kier alpha value is -3.60. The van der Waals surface area contributed by atoms with Gasteiger partial charge in [-0.2, -0.15) is 0 Å². The lowest BCUT2D eigenvalue weighted by molar-refractivity contribution is -0.111. The van der Waals surface area contributed by atoms with Crippen molar-refractivity contribution in [1.82, 2.24) is 14.9 Å². The van der Waals surface area contributed by atoms with Crippen molar-refractivity contribution in [3.05, 3.63) is 90.4 Å². The standard InChI is InChI=1S/C22H18N4O4S2/c27-20(24-22-26-25-21(31-22)17-5-2-1-3-6-17)13-10-16-8-11-19(12-9-16)32(28,29)23-15-18-7-4-14-30-18/h1-14,23H,15H2,(H,24,26,27)/b13-10+. The third kappa shape index (κ3) is 5.55. The van der Waals surface area contributed by atoms with Gasteiger partial charge in [-0.15, -0.1) is 10.2 Å². The number of hydrogen-bond acceptors (Lipinski definition) is 7. The summed E-state index contributed by atoms with van der Waals surface area (Å²) in [4.78, 5) is 12.3. The molecular formula is C22H18N4O4S2. The van der Waals surface area contributed by atoms with E-state index in [4.69, 9.17) is 4.42 Å². The average Bonchev–Trinajstić information content (AvgIpc) is 3.50. The van der Waals surface area contributed by atoms with Crippen LogP contribution < -0.4 is 10.0 Å². The lowest BCUT2D eigenvalue weighted by atomic mass is 10.2. The normalized spacial score (nSPS) is 11.6. The molecule has 0 radical (unpaired) electrons. The molecule has 2 aromatic heterocycles. The zero-order valence-corrected chi connectivity index (χ0v) is 18.3. The molecule has 0 bridgehead atoms. The van der Waals surface area contributed by atoms with E-state index in [-0.39, 0.29) is 17.3 Å². The number of amides is 1. The van der Waals surface area contributed by atoms with Gasteiger partial charge in [-0.3, -0.25) is 10.1 Å². The van der Waals surface area contributed by atoms with Crippen LogP contribution in [-0.4, -0.2) is 24.5 Å². The van der Waals surface area contributed by atoms with Crippen molar-refractivity contribution >= 4 is 38.5 Å². The van der Waals surface area contributed by atoms with E-state index in [1.165, 1.54) is 35.8 Å². The van der Waals surface area contributed by atoms with Gasteiger partial charge < -0.3 is 4.42 Å². The van der Waals surface area contributed by atoms with E-state index in [9.17, 15) is 13.2 Å². The molecule has 0 spiro atoms. The molecule has 0 saturated heterocycles. The smallest absolute Gasteiger partial charge is 0.250 e. The summed E-state index contributed by atoms with van der Waals surface area (Å²) in [6.07, 6.45) is 4.41. The van der Waals surface area contributed by atoms with Crippen molar-refractivity contribution in [2.45, 2.75) is 11.4 Å². The first kappa shape index (κ1) is 21.6. The number of nitrogens with one attached hydrogen (secondary N) is 2. The van der Waals surface area contributed by atoms with Gasteiger partial charge in [-0.1, -0.05) is 53.8 Å². The van der Waals surface area contributed by atoms with Gasteiger partial charge in [-0.25, -0.2) is 13.1 Å². The molecule has 0 fully saturated rings. The number of sulfonamides is 1. The van der Waals surface area contributed by atoms with Crippen LogP contribution in [0.4, 0.5) is 5.13 Å². The number of rotatable bonds is 8. The fourth-order valence-electron chi connectivity index (χ4n) is 2.71. The van der Waals surface area contributed by atoms with Crippen molar-refractivity contribution in [3.63, 3.8) is 0 Å². The van der Waals surface area contributed by atoms with Gasteiger partial charge in [0.1, 0.15) is 10.8 Å². The molecule has 2 heterocycles. The number of hydrogen-bond donors (Lipinski definition) is 2. The first-order valence-electron chi connectivity index (χ1n) is 9.50. The number of aromatic nitrogens is 2. The Morgan fingerprint density at radius 2 is 1.78 bits per heavy atom. The molecule has 0 saturated carbocycles. The van der Waals surface area contributed by atoms with E-state index in [1.54, 1.807) is 30.3 Å². The van der Waals surface area contributed by atoms with Crippen molar-refractivity contribution in [1.29, 1.82) is 0 Å². The molecule has 4 rings (SSSR count). The quantitative estimate of drug-likeness (QED) is 0.380. The SMILES string of the molecule is O=C(/C=C/c1ccc(S(=O)(=O)NCc2ccco2)cc1)Nc1nnc(-c2ccccc2)s1. The molecule has 0 aliphatic heterocycles. The van der Waals surface area contributed by atoms with Gasteiger partial charge in [0, 0.05) is 11.6 Å². The summed E-state index contributed by atoms with van der Waals surface area (Å²) in [7, 11) is -3.67. The van der Waals surface area contributed by atoms with E-state index in [1.807, 2.05) is 30.3 Å². The topological polar surface area (TPSA) is 114 Å². The predicted molar refractivity (Wildman–Crippen MR) is 122 cm³/mol. The van der Waals surface area contributed by atoms with E-state index < -0.39 is 10.0 Å². The van der Waals surface area contributed by atoms with Crippen molar-refractivity contribution < 1.29 is 17.6 Å². The summed E-state index contributed by atoms with van der Waals surface area (Å²) in [6.45, 7) is 0.0642. The number of benzene rings is 2. The summed E-state index contributed by atoms with van der Waals surface area (Å²) >= 11 is 1.28. The molecule has 2 N–H and O–H groups in total.